The molecule has 0 aliphatic rings. The summed E-state index contributed by atoms with van der Waals surface area (Å²) in [5.41, 5.74) is 2.07. The van der Waals surface area contributed by atoms with Crippen molar-refractivity contribution in [3.05, 3.63) is 54.2 Å². The van der Waals surface area contributed by atoms with E-state index in [1.165, 1.54) is 0 Å². The van der Waals surface area contributed by atoms with Gasteiger partial charge in [-0.2, -0.15) is 0 Å². The molecule has 2 N–H and O–H groups in total. The van der Waals surface area contributed by atoms with E-state index in [0.717, 1.165) is 29.0 Å². The lowest BCUT2D eigenvalue weighted by Crippen LogP contribution is -2.24. The van der Waals surface area contributed by atoms with Gasteiger partial charge in [-0.25, -0.2) is 4.98 Å². The quantitative estimate of drug-likeness (QED) is 0.737. The molecule has 3 aromatic rings. The summed E-state index contributed by atoms with van der Waals surface area (Å²) in [7, 11) is 0. The molecule has 20 heavy (non-hydrogen) atoms. The molecule has 0 radical (unpaired) electrons. The molecule has 0 fully saturated rings. The van der Waals surface area contributed by atoms with E-state index >= 15 is 0 Å². The fourth-order valence-corrected chi connectivity index (χ4v) is 2.45. The van der Waals surface area contributed by atoms with Gasteiger partial charge < -0.3 is 9.40 Å². The minimum atomic E-state index is 0.137. The van der Waals surface area contributed by atoms with Crippen molar-refractivity contribution in [3.63, 3.8) is 0 Å². The van der Waals surface area contributed by atoms with Gasteiger partial charge in [0, 0.05) is 0 Å². The number of furan rings is 1. The van der Waals surface area contributed by atoms with Crippen LogP contribution in [0.2, 0.25) is 0 Å². The smallest absolute Gasteiger partial charge is 0.124 e. The van der Waals surface area contributed by atoms with Crippen LogP contribution in [0.25, 0.3) is 11.0 Å². The summed E-state index contributed by atoms with van der Waals surface area (Å²) in [6.45, 7) is 4.26. The van der Waals surface area contributed by atoms with Crippen LogP contribution in [0, 0.1) is 0 Å². The summed E-state index contributed by atoms with van der Waals surface area (Å²) in [6.07, 6.45) is 2.68. The molecule has 0 amide bonds. The van der Waals surface area contributed by atoms with Gasteiger partial charge >= 0.3 is 0 Å². The van der Waals surface area contributed by atoms with Gasteiger partial charge in [0.15, 0.2) is 0 Å². The molecule has 1 aromatic carbocycles. The van der Waals surface area contributed by atoms with Gasteiger partial charge in [0.2, 0.25) is 0 Å². The van der Waals surface area contributed by atoms with Crippen molar-refractivity contribution in [2.75, 3.05) is 0 Å². The SMILES string of the molecule is CCC(NC(C)c1nc2ccccc2[nH]1)c1ccco1. The lowest BCUT2D eigenvalue weighted by molar-refractivity contribution is 0.371. The maximum absolute atomic E-state index is 5.49. The zero-order valence-corrected chi connectivity index (χ0v) is 11.8. The summed E-state index contributed by atoms with van der Waals surface area (Å²) < 4.78 is 5.49. The summed E-state index contributed by atoms with van der Waals surface area (Å²) in [4.78, 5) is 8.00. The molecule has 0 saturated heterocycles. The van der Waals surface area contributed by atoms with Crippen LogP contribution in [0.3, 0.4) is 0 Å². The van der Waals surface area contributed by atoms with E-state index in [9.17, 15) is 0 Å². The average molecular weight is 269 g/mol. The van der Waals surface area contributed by atoms with E-state index < -0.39 is 0 Å². The number of nitrogens with zero attached hydrogens (tertiary/aromatic N) is 1. The molecule has 0 spiro atoms. The molecular weight excluding hydrogens is 250 g/mol. The van der Waals surface area contributed by atoms with E-state index in [4.69, 9.17) is 4.42 Å². The van der Waals surface area contributed by atoms with Crippen molar-refractivity contribution in [1.29, 1.82) is 0 Å². The molecule has 104 valence electrons. The van der Waals surface area contributed by atoms with Gasteiger partial charge in [-0.05, 0) is 37.6 Å². The van der Waals surface area contributed by atoms with Crippen molar-refractivity contribution in [3.8, 4) is 0 Å². The number of aromatic nitrogens is 2. The molecule has 0 aliphatic carbocycles. The Bertz CT molecular complexity index is 639. The maximum Gasteiger partial charge on any atom is 0.124 e. The van der Waals surface area contributed by atoms with Gasteiger partial charge in [-0.3, -0.25) is 5.32 Å². The van der Waals surface area contributed by atoms with Crippen LogP contribution in [0.1, 0.15) is 43.9 Å². The standard InChI is InChI=1S/C16H19N3O/c1-3-12(15-9-6-10-20-15)17-11(2)16-18-13-7-4-5-8-14(13)19-16/h4-12,17H,3H2,1-2H3,(H,18,19). The lowest BCUT2D eigenvalue weighted by Gasteiger charge is -2.19. The molecule has 2 unspecified atom stereocenters. The number of fused-ring (bicyclic) bond motifs is 1. The van der Waals surface area contributed by atoms with E-state index in [1.54, 1.807) is 6.26 Å². The number of rotatable bonds is 5. The normalized spacial score (nSPS) is 14.5. The molecule has 0 saturated carbocycles. The van der Waals surface area contributed by atoms with Gasteiger partial charge in [0.25, 0.3) is 0 Å². The summed E-state index contributed by atoms with van der Waals surface area (Å²) in [6, 6.07) is 12.3. The zero-order valence-electron chi connectivity index (χ0n) is 11.8. The lowest BCUT2D eigenvalue weighted by atomic mass is 10.1. The third kappa shape index (κ3) is 2.47. The highest BCUT2D eigenvalue weighted by atomic mass is 16.3. The predicted molar refractivity (Wildman–Crippen MR) is 79.4 cm³/mol. The van der Waals surface area contributed by atoms with E-state index in [0.29, 0.717) is 0 Å². The number of imidazole rings is 1. The van der Waals surface area contributed by atoms with Crippen LogP contribution < -0.4 is 5.32 Å². The van der Waals surface area contributed by atoms with Crippen molar-refractivity contribution in [2.24, 2.45) is 0 Å². The molecule has 3 rings (SSSR count). The highest BCUT2D eigenvalue weighted by molar-refractivity contribution is 5.74. The van der Waals surface area contributed by atoms with Crippen LogP contribution in [0.15, 0.2) is 47.1 Å². The Hall–Kier alpha value is -2.07. The first-order valence-corrected chi connectivity index (χ1v) is 7.02. The average Bonchev–Trinajstić information content (AvgIpc) is 3.13. The van der Waals surface area contributed by atoms with Crippen molar-refractivity contribution < 1.29 is 4.42 Å². The predicted octanol–water partition coefficient (Wildman–Crippen LogP) is 3.96. The Kier molecular flexibility index (Phi) is 3.56. The number of hydrogen-bond donors (Lipinski definition) is 2. The van der Waals surface area contributed by atoms with E-state index in [2.05, 4.69) is 29.1 Å². The minimum absolute atomic E-state index is 0.137. The number of para-hydroxylation sites is 2. The van der Waals surface area contributed by atoms with Crippen LogP contribution in [-0.4, -0.2) is 9.97 Å². The van der Waals surface area contributed by atoms with Gasteiger partial charge in [-0.1, -0.05) is 19.1 Å². The Labute approximate surface area is 118 Å². The minimum Gasteiger partial charge on any atom is -0.468 e. The topological polar surface area (TPSA) is 53.9 Å². The number of H-pyrrole nitrogens is 1. The van der Waals surface area contributed by atoms with Crippen LogP contribution in [0.4, 0.5) is 0 Å². The number of benzene rings is 1. The summed E-state index contributed by atoms with van der Waals surface area (Å²) in [5.74, 6) is 1.92. The van der Waals surface area contributed by atoms with Crippen molar-refractivity contribution in [2.45, 2.75) is 32.4 Å². The molecule has 2 atom stereocenters. The van der Waals surface area contributed by atoms with Gasteiger partial charge in [0.05, 0.1) is 29.4 Å². The monoisotopic (exact) mass is 269 g/mol. The number of nitrogens with one attached hydrogen (secondary N) is 2. The van der Waals surface area contributed by atoms with Crippen molar-refractivity contribution in [1.82, 2.24) is 15.3 Å². The largest absolute Gasteiger partial charge is 0.468 e. The molecule has 2 heterocycles. The second kappa shape index (κ2) is 5.51. The highest BCUT2D eigenvalue weighted by Crippen LogP contribution is 2.22. The Morgan fingerprint density at radius 1 is 1.25 bits per heavy atom. The summed E-state index contributed by atoms with van der Waals surface area (Å²) in [5, 5.41) is 3.56. The first-order valence-electron chi connectivity index (χ1n) is 7.02. The third-order valence-electron chi connectivity index (χ3n) is 3.56. The summed E-state index contributed by atoms with van der Waals surface area (Å²) >= 11 is 0. The number of hydrogen-bond acceptors (Lipinski definition) is 3. The van der Waals surface area contributed by atoms with Crippen LogP contribution >= 0.6 is 0 Å². The fourth-order valence-electron chi connectivity index (χ4n) is 2.45. The molecule has 4 heteroatoms. The highest BCUT2D eigenvalue weighted by Gasteiger charge is 2.18. The molecule has 0 aliphatic heterocycles. The first kappa shape index (κ1) is 12.9. The van der Waals surface area contributed by atoms with Crippen molar-refractivity contribution >= 4 is 11.0 Å². The Morgan fingerprint density at radius 2 is 2.10 bits per heavy atom. The molecule has 4 nitrogen and oxygen atoms in total. The maximum atomic E-state index is 5.49. The zero-order chi connectivity index (χ0) is 13.9. The molecule has 0 bridgehead atoms. The number of aromatic amines is 1. The van der Waals surface area contributed by atoms with Crippen LogP contribution in [0.5, 0.6) is 0 Å². The van der Waals surface area contributed by atoms with E-state index in [1.807, 2.05) is 36.4 Å². The second-order valence-electron chi connectivity index (χ2n) is 5.00. The molecular formula is C16H19N3O. The Morgan fingerprint density at radius 3 is 2.80 bits per heavy atom. The third-order valence-corrected chi connectivity index (χ3v) is 3.56. The van der Waals surface area contributed by atoms with Gasteiger partial charge in [-0.15, -0.1) is 0 Å². The second-order valence-corrected chi connectivity index (χ2v) is 5.00. The fraction of sp³-hybridized carbons (Fsp3) is 0.312. The first-order chi connectivity index (χ1) is 9.78. The van der Waals surface area contributed by atoms with Gasteiger partial charge in [0.1, 0.15) is 11.6 Å². The van der Waals surface area contributed by atoms with Crippen LogP contribution in [-0.2, 0) is 0 Å². The Balaban J connectivity index is 1.79. The molecule has 2 aromatic heterocycles. The van der Waals surface area contributed by atoms with E-state index in [-0.39, 0.29) is 12.1 Å².